The molecular weight excluding hydrogens is 292 g/mol. The molecule has 0 N–H and O–H groups in total. The van der Waals surface area contributed by atoms with E-state index in [0.29, 0.717) is 6.20 Å². The summed E-state index contributed by atoms with van der Waals surface area (Å²) in [7, 11) is 0. The van der Waals surface area contributed by atoms with Crippen LogP contribution in [-0.4, -0.2) is 29.7 Å². The highest BCUT2D eigenvalue weighted by molar-refractivity contribution is 5.98. The van der Waals surface area contributed by atoms with Crippen LogP contribution in [0.15, 0.2) is 18.5 Å². The minimum absolute atomic E-state index is 0.0820. The van der Waals surface area contributed by atoms with Crippen molar-refractivity contribution in [1.82, 2.24) is 4.98 Å². The topological polar surface area (TPSA) is 39.2 Å². The molecule has 112 valence electrons. The van der Waals surface area contributed by atoms with Crippen molar-refractivity contribution in [3.8, 4) is 5.75 Å². The number of halogens is 6. The second-order valence-corrected chi connectivity index (χ2v) is 3.72. The molecule has 3 nitrogen and oxygen atoms in total. The number of ether oxygens (including phenoxy) is 1. The van der Waals surface area contributed by atoms with Crippen LogP contribution in [0.5, 0.6) is 5.75 Å². The van der Waals surface area contributed by atoms with Crippen LogP contribution in [-0.2, 0) is 0 Å². The Labute approximate surface area is 109 Å². The molecule has 0 aliphatic carbocycles. The van der Waals surface area contributed by atoms with Crippen molar-refractivity contribution in [2.24, 2.45) is 5.92 Å². The zero-order chi connectivity index (χ0) is 15.6. The first-order valence-electron chi connectivity index (χ1n) is 5.33. The summed E-state index contributed by atoms with van der Waals surface area (Å²) < 4.78 is 79.3. The van der Waals surface area contributed by atoms with Crippen LogP contribution in [0.3, 0.4) is 0 Å². The van der Waals surface area contributed by atoms with E-state index < -0.39 is 29.6 Å². The fourth-order valence-corrected chi connectivity index (χ4v) is 1.45. The van der Waals surface area contributed by atoms with Crippen molar-refractivity contribution in [3.63, 3.8) is 0 Å². The van der Waals surface area contributed by atoms with Gasteiger partial charge in [-0.2, -0.15) is 26.3 Å². The van der Waals surface area contributed by atoms with Gasteiger partial charge in [-0.1, -0.05) is 0 Å². The zero-order valence-electron chi connectivity index (χ0n) is 10.0. The normalized spacial score (nSPS) is 12.6. The SMILES string of the molecule is CCOc1cncc(C(=O)C(C(F)(F)F)C(F)(F)F)c1. The van der Waals surface area contributed by atoms with E-state index in [1.807, 2.05) is 0 Å². The Hall–Kier alpha value is -1.80. The summed E-state index contributed by atoms with van der Waals surface area (Å²) in [5.41, 5.74) is -0.810. The van der Waals surface area contributed by atoms with Crippen molar-refractivity contribution in [2.45, 2.75) is 19.3 Å². The smallest absolute Gasteiger partial charge is 0.407 e. The number of ketones is 1. The summed E-state index contributed by atoms with van der Waals surface area (Å²) in [6.07, 6.45) is -9.74. The van der Waals surface area contributed by atoms with Crippen LogP contribution in [0.1, 0.15) is 17.3 Å². The fraction of sp³-hybridized carbons (Fsp3) is 0.455. The van der Waals surface area contributed by atoms with E-state index in [2.05, 4.69) is 4.98 Å². The van der Waals surface area contributed by atoms with Crippen molar-refractivity contribution in [2.75, 3.05) is 6.61 Å². The molecule has 0 spiro atoms. The zero-order valence-corrected chi connectivity index (χ0v) is 10.0. The highest BCUT2D eigenvalue weighted by atomic mass is 19.4. The molecule has 1 rings (SSSR count). The molecule has 0 bridgehead atoms. The molecule has 1 heterocycles. The van der Waals surface area contributed by atoms with Crippen LogP contribution in [0, 0.1) is 5.92 Å². The van der Waals surface area contributed by atoms with E-state index in [4.69, 9.17) is 4.74 Å². The lowest BCUT2D eigenvalue weighted by molar-refractivity contribution is -0.264. The minimum Gasteiger partial charge on any atom is -0.492 e. The van der Waals surface area contributed by atoms with Gasteiger partial charge in [0.1, 0.15) is 5.75 Å². The molecule has 0 saturated carbocycles. The lowest BCUT2D eigenvalue weighted by atomic mass is 9.97. The number of hydrogen-bond donors (Lipinski definition) is 0. The fourth-order valence-electron chi connectivity index (χ4n) is 1.45. The van der Waals surface area contributed by atoms with Crippen LogP contribution in [0.2, 0.25) is 0 Å². The van der Waals surface area contributed by atoms with Crippen molar-refractivity contribution < 1.29 is 35.9 Å². The molecule has 0 unspecified atom stereocenters. The van der Waals surface area contributed by atoms with Crippen molar-refractivity contribution >= 4 is 5.78 Å². The van der Waals surface area contributed by atoms with E-state index in [9.17, 15) is 31.1 Å². The molecule has 0 fully saturated rings. The number of hydrogen-bond acceptors (Lipinski definition) is 3. The highest BCUT2D eigenvalue weighted by Crippen LogP contribution is 2.41. The Bertz CT molecular complexity index is 469. The third-order valence-corrected chi connectivity index (χ3v) is 2.23. The van der Waals surface area contributed by atoms with Gasteiger partial charge in [0.15, 0.2) is 5.78 Å². The number of pyridine rings is 1. The Morgan fingerprint density at radius 2 is 1.75 bits per heavy atom. The summed E-state index contributed by atoms with van der Waals surface area (Å²) >= 11 is 0. The van der Waals surface area contributed by atoms with Gasteiger partial charge in [-0.05, 0) is 13.0 Å². The van der Waals surface area contributed by atoms with E-state index in [1.54, 1.807) is 6.92 Å². The maximum Gasteiger partial charge on any atom is 0.407 e. The van der Waals surface area contributed by atoms with Gasteiger partial charge >= 0.3 is 12.4 Å². The molecule has 0 aliphatic rings. The third-order valence-electron chi connectivity index (χ3n) is 2.23. The number of Topliss-reactive ketones (excluding diaryl/α,β-unsaturated/α-hetero) is 1. The molecule has 20 heavy (non-hydrogen) atoms. The number of carbonyl (C=O) groups is 1. The molecule has 1 aromatic rings. The maximum atomic E-state index is 12.4. The second-order valence-electron chi connectivity index (χ2n) is 3.72. The quantitative estimate of drug-likeness (QED) is 0.632. The second kappa shape index (κ2) is 5.68. The van der Waals surface area contributed by atoms with Gasteiger partial charge in [-0.15, -0.1) is 0 Å². The molecule has 1 aromatic heterocycles. The average Bonchev–Trinajstić information content (AvgIpc) is 2.25. The summed E-state index contributed by atoms with van der Waals surface area (Å²) in [4.78, 5) is 14.8. The highest BCUT2D eigenvalue weighted by Gasteiger charge is 2.60. The van der Waals surface area contributed by atoms with Gasteiger partial charge in [-0.3, -0.25) is 9.78 Å². The molecule has 0 saturated heterocycles. The molecule has 0 amide bonds. The predicted molar refractivity (Wildman–Crippen MR) is 55.3 cm³/mol. The van der Waals surface area contributed by atoms with Crippen LogP contribution in [0.25, 0.3) is 0 Å². The van der Waals surface area contributed by atoms with Gasteiger partial charge in [0.2, 0.25) is 5.92 Å². The standard InChI is InChI=1S/C11H9F6NO2/c1-2-20-7-3-6(4-18-5-7)8(19)9(10(12,13)14)11(15,16)17/h3-5,9H,2H2,1H3. The molecule has 9 heteroatoms. The van der Waals surface area contributed by atoms with Gasteiger partial charge in [0.05, 0.1) is 12.8 Å². The molecule has 0 radical (unpaired) electrons. The third kappa shape index (κ3) is 3.84. The van der Waals surface area contributed by atoms with Gasteiger partial charge in [0, 0.05) is 11.8 Å². The summed E-state index contributed by atoms with van der Waals surface area (Å²) in [5.74, 6) is -6.27. The maximum absolute atomic E-state index is 12.4. The minimum atomic E-state index is -5.73. The van der Waals surface area contributed by atoms with E-state index in [0.717, 1.165) is 12.3 Å². The molecule has 0 atom stereocenters. The Balaban J connectivity index is 3.17. The monoisotopic (exact) mass is 301 g/mol. The van der Waals surface area contributed by atoms with Crippen LogP contribution in [0.4, 0.5) is 26.3 Å². The Kier molecular flexibility index (Phi) is 4.61. The Morgan fingerprint density at radius 1 is 1.20 bits per heavy atom. The number of rotatable bonds is 4. The lowest BCUT2D eigenvalue weighted by Crippen LogP contribution is -2.42. The molecule has 0 aliphatic heterocycles. The first-order valence-corrected chi connectivity index (χ1v) is 5.33. The van der Waals surface area contributed by atoms with Crippen LogP contribution < -0.4 is 4.74 Å². The van der Waals surface area contributed by atoms with Gasteiger partial charge < -0.3 is 4.74 Å². The summed E-state index contributed by atoms with van der Waals surface area (Å²) in [6, 6.07) is 0.795. The van der Waals surface area contributed by atoms with E-state index >= 15 is 0 Å². The average molecular weight is 301 g/mol. The largest absolute Gasteiger partial charge is 0.492 e. The number of aromatic nitrogens is 1. The van der Waals surface area contributed by atoms with Crippen LogP contribution >= 0.6 is 0 Å². The first kappa shape index (κ1) is 16.3. The lowest BCUT2D eigenvalue weighted by Gasteiger charge is -2.21. The Morgan fingerprint density at radius 3 is 2.20 bits per heavy atom. The number of carbonyl (C=O) groups excluding carboxylic acids is 1. The number of alkyl halides is 6. The van der Waals surface area contributed by atoms with Crippen molar-refractivity contribution in [1.29, 1.82) is 0 Å². The van der Waals surface area contributed by atoms with Gasteiger partial charge in [0.25, 0.3) is 0 Å². The summed E-state index contributed by atoms with van der Waals surface area (Å²) in [5, 5.41) is 0. The van der Waals surface area contributed by atoms with Gasteiger partial charge in [-0.25, -0.2) is 0 Å². The predicted octanol–water partition coefficient (Wildman–Crippen LogP) is 3.40. The molecule has 0 aromatic carbocycles. The first-order chi connectivity index (χ1) is 9.07. The van der Waals surface area contributed by atoms with Crippen molar-refractivity contribution in [3.05, 3.63) is 24.0 Å². The summed E-state index contributed by atoms with van der Waals surface area (Å²) in [6.45, 7) is 1.68. The number of nitrogens with zero attached hydrogens (tertiary/aromatic N) is 1. The molecular formula is C11H9F6NO2. The van der Waals surface area contributed by atoms with E-state index in [1.165, 1.54) is 0 Å². The van der Waals surface area contributed by atoms with E-state index in [-0.39, 0.29) is 12.4 Å².